The standard InChI is InChI=1S/C35H36O4/c36-30-14-6-26(7-15-30)34(22-2-1-3-23-34)28-10-18-32(19-11-28)38-39-33-20-12-29(13-21-33)35(24-4-5-25-35)27-8-16-31(37)17-9-27/h6-21,36-37H,1-5,22-25H2. The number of aromatic hydroxyl groups is 2. The molecule has 0 aliphatic heterocycles. The minimum Gasteiger partial charge on any atom is -0.508 e. The number of hydrogen-bond donors (Lipinski definition) is 2. The van der Waals surface area contributed by atoms with Crippen molar-refractivity contribution in [3.8, 4) is 23.0 Å². The Bertz CT molecular complexity index is 1360. The number of phenolic OH excluding ortho intramolecular Hbond substituents is 2. The molecule has 39 heavy (non-hydrogen) atoms. The van der Waals surface area contributed by atoms with Crippen LogP contribution < -0.4 is 9.78 Å². The second kappa shape index (κ2) is 10.7. The Morgan fingerprint density at radius 1 is 0.385 bits per heavy atom. The van der Waals surface area contributed by atoms with Crippen LogP contribution in [0.4, 0.5) is 0 Å². The second-order valence-corrected chi connectivity index (χ2v) is 11.2. The van der Waals surface area contributed by atoms with E-state index in [1.807, 2.05) is 24.3 Å². The highest BCUT2D eigenvalue weighted by Crippen LogP contribution is 2.47. The molecule has 4 aromatic rings. The monoisotopic (exact) mass is 520 g/mol. The van der Waals surface area contributed by atoms with Crippen LogP contribution in [0, 0.1) is 0 Å². The zero-order valence-corrected chi connectivity index (χ0v) is 22.3. The molecule has 4 aromatic carbocycles. The van der Waals surface area contributed by atoms with Gasteiger partial charge in [0.1, 0.15) is 11.5 Å². The highest BCUT2D eigenvalue weighted by atomic mass is 17.2. The van der Waals surface area contributed by atoms with Gasteiger partial charge in [-0.3, -0.25) is 9.78 Å². The van der Waals surface area contributed by atoms with Gasteiger partial charge in [0.15, 0.2) is 11.5 Å². The lowest BCUT2D eigenvalue weighted by Crippen LogP contribution is -2.30. The Morgan fingerprint density at radius 3 is 1.00 bits per heavy atom. The van der Waals surface area contributed by atoms with Crippen molar-refractivity contribution >= 4 is 0 Å². The molecule has 0 unspecified atom stereocenters. The molecule has 2 fully saturated rings. The van der Waals surface area contributed by atoms with Crippen LogP contribution in [0.15, 0.2) is 97.1 Å². The predicted molar refractivity (Wildman–Crippen MR) is 153 cm³/mol. The molecule has 0 amide bonds. The van der Waals surface area contributed by atoms with Crippen LogP contribution in [0.5, 0.6) is 23.0 Å². The Kier molecular flexibility index (Phi) is 6.95. The third-order valence-corrected chi connectivity index (χ3v) is 9.05. The summed E-state index contributed by atoms with van der Waals surface area (Å²) < 4.78 is 0. The molecule has 0 spiro atoms. The molecule has 0 radical (unpaired) electrons. The molecule has 4 nitrogen and oxygen atoms in total. The predicted octanol–water partition coefficient (Wildman–Crippen LogP) is 8.58. The van der Waals surface area contributed by atoms with Gasteiger partial charge in [-0.2, -0.15) is 0 Å². The molecule has 2 N–H and O–H groups in total. The Hall–Kier alpha value is -3.92. The molecule has 0 saturated heterocycles. The van der Waals surface area contributed by atoms with Crippen molar-refractivity contribution in [1.82, 2.24) is 0 Å². The Balaban J connectivity index is 1.16. The topological polar surface area (TPSA) is 58.9 Å². The van der Waals surface area contributed by atoms with Crippen LogP contribution in [0.1, 0.15) is 80.0 Å². The minimum absolute atomic E-state index is 0.0184. The summed E-state index contributed by atoms with van der Waals surface area (Å²) in [5.41, 5.74) is 5.02. The lowest BCUT2D eigenvalue weighted by Gasteiger charge is -2.38. The smallest absolute Gasteiger partial charge is 0.178 e. The highest BCUT2D eigenvalue weighted by Gasteiger charge is 2.37. The molecule has 2 aliphatic rings. The Labute approximate surface area is 230 Å². The van der Waals surface area contributed by atoms with Crippen LogP contribution in [0.2, 0.25) is 0 Å². The van der Waals surface area contributed by atoms with Crippen LogP contribution in [0.3, 0.4) is 0 Å². The quantitative estimate of drug-likeness (QED) is 0.189. The first-order valence-electron chi connectivity index (χ1n) is 14.2. The highest BCUT2D eigenvalue weighted by molar-refractivity contribution is 5.45. The van der Waals surface area contributed by atoms with E-state index in [-0.39, 0.29) is 10.8 Å². The summed E-state index contributed by atoms with van der Waals surface area (Å²) in [6, 6.07) is 31.9. The first-order valence-corrected chi connectivity index (χ1v) is 14.2. The van der Waals surface area contributed by atoms with Gasteiger partial charge in [0, 0.05) is 10.8 Å². The first kappa shape index (κ1) is 25.4. The molecule has 0 atom stereocenters. The van der Waals surface area contributed by atoms with Crippen molar-refractivity contribution in [1.29, 1.82) is 0 Å². The molecule has 4 heteroatoms. The van der Waals surface area contributed by atoms with Gasteiger partial charge in [0.2, 0.25) is 0 Å². The molecule has 2 saturated carbocycles. The summed E-state index contributed by atoms with van der Waals surface area (Å²) in [4.78, 5) is 11.4. The van der Waals surface area contributed by atoms with Crippen molar-refractivity contribution in [2.45, 2.75) is 68.6 Å². The maximum atomic E-state index is 9.80. The van der Waals surface area contributed by atoms with E-state index in [0.29, 0.717) is 23.0 Å². The fourth-order valence-electron chi connectivity index (χ4n) is 6.94. The maximum Gasteiger partial charge on any atom is 0.178 e. The summed E-state index contributed by atoms with van der Waals surface area (Å²) in [6.45, 7) is 0. The van der Waals surface area contributed by atoms with Gasteiger partial charge >= 0.3 is 0 Å². The summed E-state index contributed by atoms with van der Waals surface area (Å²) in [6.07, 6.45) is 10.5. The van der Waals surface area contributed by atoms with Gasteiger partial charge in [-0.25, -0.2) is 0 Å². The van der Waals surface area contributed by atoms with Crippen LogP contribution in [-0.2, 0) is 10.8 Å². The molecule has 0 bridgehead atoms. The van der Waals surface area contributed by atoms with Crippen molar-refractivity contribution in [3.05, 3.63) is 119 Å². The van der Waals surface area contributed by atoms with Gasteiger partial charge in [-0.15, -0.1) is 0 Å². The van der Waals surface area contributed by atoms with E-state index in [9.17, 15) is 10.2 Å². The van der Waals surface area contributed by atoms with Gasteiger partial charge < -0.3 is 10.2 Å². The molecule has 2 aliphatic carbocycles. The fourth-order valence-corrected chi connectivity index (χ4v) is 6.94. The lowest BCUT2D eigenvalue weighted by molar-refractivity contribution is -0.0999. The zero-order valence-electron chi connectivity index (χ0n) is 22.3. The number of rotatable bonds is 7. The van der Waals surface area contributed by atoms with E-state index in [2.05, 4.69) is 48.5 Å². The molecule has 0 heterocycles. The van der Waals surface area contributed by atoms with Crippen LogP contribution in [0.25, 0.3) is 0 Å². The Morgan fingerprint density at radius 2 is 0.667 bits per heavy atom. The van der Waals surface area contributed by atoms with Crippen molar-refractivity contribution < 1.29 is 20.0 Å². The first-order chi connectivity index (χ1) is 19.1. The van der Waals surface area contributed by atoms with Crippen molar-refractivity contribution in [3.63, 3.8) is 0 Å². The molecule has 200 valence electrons. The third kappa shape index (κ3) is 4.96. The van der Waals surface area contributed by atoms with Crippen LogP contribution >= 0.6 is 0 Å². The van der Waals surface area contributed by atoms with E-state index >= 15 is 0 Å². The average Bonchev–Trinajstić information content (AvgIpc) is 3.49. The molecule has 0 aromatic heterocycles. The summed E-state index contributed by atoms with van der Waals surface area (Å²) in [5.74, 6) is 1.93. The van der Waals surface area contributed by atoms with E-state index in [1.54, 1.807) is 24.3 Å². The third-order valence-electron chi connectivity index (χ3n) is 9.05. The van der Waals surface area contributed by atoms with E-state index in [4.69, 9.17) is 9.78 Å². The van der Waals surface area contributed by atoms with E-state index in [1.165, 1.54) is 54.4 Å². The maximum absolute atomic E-state index is 9.80. The van der Waals surface area contributed by atoms with Crippen molar-refractivity contribution in [2.75, 3.05) is 0 Å². The van der Waals surface area contributed by atoms with Crippen LogP contribution in [-0.4, -0.2) is 10.2 Å². The lowest BCUT2D eigenvalue weighted by atomic mass is 9.65. The van der Waals surface area contributed by atoms with Gasteiger partial charge in [0.05, 0.1) is 0 Å². The van der Waals surface area contributed by atoms with Crippen molar-refractivity contribution in [2.24, 2.45) is 0 Å². The van der Waals surface area contributed by atoms with E-state index < -0.39 is 0 Å². The summed E-state index contributed by atoms with van der Waals surface area (Å²) >= 11 is 0. The average molecular weight is 521 g/mol. The normalized spacial score (nSPS) is 17.9. The zero-order chi connectivity index (χ0) is 26.7. The van der Waals surface area contributed by atoms with Gasteiger partial charge in [-0.1, -0.05) is 80.6 Å². The van der Waals surface area contributed by atoms with Gasteiger partial charge in [0.25, 0.3) is 0 Å². The molecular weight excluding hydrogens is 484 g/mol. The second-order valence-electron chi connectivity index (χ2n) is 11.2. The van der Waals surface area contributed by atoms with E-state index in [0.717, 1.165) is 25.7 Å². The number of hydrogen-bond acceptors (Lipinski definition) is 4. The number of benzene rings is 4. The molecular formula is C35H36O4. The number of phenols is 2. The van der Waals surface area contributed by atoms with Gasteiger partial charge in [-0.05, 0) is 96.5 Å². The largest absolute Gasteiger partial charge is 0.508 e. The fraction of sp³-hybridized carbons (Fsp3) is 0.314. The minimum atomic E-state index is -0.0329. The summed E-state index contributed by atoms with van der Waals surface area (Å²) in [7, 11) is 0. The summed E-state index contributed by atoms with van der Waals surface area (Å²) in [5, 5.41) is 19.6. The molecule has 6 rings (SSSR count). The SMILES string of the molecule is Oc1ccc(C2(c3ccc(OOc4ccc(C5(c6ccc(O)cc6)CCCC5)cc4)cc3)CCCCC2)cc1.